The van der Waals surface area contributed by atoms with Crippen molar-refractivity contribution in [2.24, 2.45) is 10.7 Å². The number of carbonyl (C=O) groups excluding carboxylic acids is 2. The molecule has 2 aromatic carbocycles. The number of amides is 2. The summed E-state index contributed by atoms with van der Waals surface area (Å²) in [6.07, 6.45) is 0. The van der Waals surface area contributed by atoms with Crippen LogP contribution in [0.15, 0.2) is 59.6 Å². The van der Waals surface area contributed by atoms with Crippen LogP contribution in [0, 0.1) is 0 Å². The largest absolute Gasteiger partial charge is 0.368 e. The lowest BCUT2D eigenvalue weighted by Crippen LogP contribution is -2.52. The van der Waals surface area contributed by atoms with E-state index < -0.39 is 5.91 Å². The Morgan fingerprint density at radius 1 is 0.938 bits per heavy atom. The topological polar surface area (TPSA) is 103 Å². The van der Waals surface area contributed by atoms with Gasteiger partial charge in [-0.15, -0.1) is 24.0 Å². The molecule has 0 unspecified atom stereocenters. The highest BCUT2D eigenvalue weighted by Crippen LogP contribution is 2.09. The van der Waals surface area contributed by atoms with Crippen LogP contribution in [0.1, 0.15) is 21.5 Å². The van der Waals surface area contributed by atoms with Gasteiger partial charge in [0.1, 0.15) is 0 Å². The number of carbonyl (C=O) groups is 2. The van der Waals surface area contributed by atoms with E-state index in [1.54, 1.807) is 19.2 Å². The predicted octanol–water partition coefficient (Wildman–Crippen LogP) is 1.41. The van der Waals surface area contributed by atoms with Crippen molar-refractivity contribution in [3.8, 4) is 0 Å². The van der Waals surface area contributed by atoms with Crippen molar-refractivity contribution in [1.82, 2.24) is 20.4 Å². The zero-order valence-electron chi connectivity index (χ0n) is 18.3. The Labute approximate surface area is 206 Å². The minimum absolute atomic E-state index is 0. The quantitative estimate of drug-likeness (QED) is 0.275. The van der Waals surface area contributed by atoms with E-state index in [1.807, 2.05) is 18.2 Å². The number of halogens is 1. The maximum Gasteiger partial charge on any atom is 0.251 e. The van der Waals surface area contributed by atoms with Crippen molar-refractivity contribution in [2.45, 2.75) is 13.1 Å². The Bertz CT molecular complexity index is 896. The number of piperazine rings is 1. The first-order valence-corrected chi connectivity index (χ1v) is 10.4. The van der Waals surface area contributed by atoms with Crippen molar-refractivity contribution >= 4 is 41.8 Å². The molecule has 1 saturated heterocycles. The maximum atomic E-state index is 12.0. The van der Waals surface area contributed by atoms with E-state index >= 15 is 0 Å². The van der Waals surface area contributed by atoms with Gasteiger partial charge in [-0.25, -0.2) is 0 Å². The molecule has 2 amide bonds. The fourth-order valence-electron chi connectivity index (χ4n) is 3.52. The van der Waals surface area contributed by atoms with Crippen LogP contribution in [0.25, 0.3) is 0 Å². The fourth-order valence-corrected chi connectivity index (χ4v) is 3.52. The molecule has 0 aromatic heterocycles. The number of benzene rings is 2. The summed E-state index contributed by atoms with van der Waals surface area (Å²) < 4.78 is 0. The summed E-state index contributed by atoms with van der Waals surface area (Å²) in [4.78, 5) is 31.9. The first-order chi connectivity index (χ1) is 15.0. The highest BCUT2D eigenvalue weighted by Gasteiger charge is 2.19. The molecule has 1 heterocycles. The summed E-state index contributed by atoms with van der Waals surface area (Å²) in [6.45, 7) is 5.24. The smallest absolute Gasteiger partial charge is 0.251 e. The van der Waals surface area contributed by atoms with Crippen LogP contribution >= 0.6 is 24.0 Å². The lowest BCUT2D eigenvalue weighted by atomic mass is 10.1. The van der Waals surface area contributed by atoms with Crippen LogP contribution in [0.5, 0.6) is 0 Å². The van der Waals surface area contributed by atoms with E-state index in [0.717, 1.165) is 44.2 Å². The second-order valence-corrected chi connectivity index (χ2v) is 7.50. The summed E-state index contributed by atoms with van der Waals surface area (Å²) in [5.74, 6) is -0.00779. The number of nitrogens with zero attached hydrogens (tertiary/aromatic N) is 3. The minimum Gasteiger partial charge on any atom is -0.368 e. The van der Waals surface area contributed by atoms with Crippen molar-refractivity contribution in [2.75, 3.05) is 39.8 Å². The monoisotopic (exact) mass is 550 g/mol. The van der Waals surface area contributed by atoms with Gasteiger partial charge in [0.2, 0.25) is 5.91 Å². The van der Waals surface area contributed by atoms with Gasteiger partial charge in [0.15, 0.2) is 5.96 Å². The maximum absolute atomic E-state index is 12.0. The van der Waals surface area contributed by atoms with Gasteiger partial charge in [-0.05, 0) is 23.3 Å². The Hall–Kier alpha value is -2.66. The van der Waals surface area contributed by atoms with Gasteiger partial charge in [0.25, 0.3) is 5.91 Å². The molecule has 3 rings (SSSR count). The third kappa shape index (κ3) is 7.79. The van der Waals surface area contributed by atoms with E-state index in [2.05, 4.69) is 49.7 Å². The highest BCUT2D eigenvalue weighted by atomic mass is 127. The predicted molar refractivity (Wildman–Crippen MR) is 137 cm³/mol. The summed E-state index contributed by atoms with van der Waals surface area (Å²) in [5.41, 5.74) is 7.91. The average Bonchev–Trinajstić information content (AvgIpc) is 2.80. The number of primary amides is 1. The molecule has 0 atom stereocenters. The molecule has 1 fully saturated rings. The van der Waals surface area contributed by atoms with Crippen LogP contribution in [-0.4, -0.2) is 67.3 Å². The number of nitrogens with two attached hydrogens (primary N) is 1. The average molecular weight is 550 g/mol. The number of hydrogen-bond donors (Lipinski definition) is 3. The third-order valence-corrected chi connectivity index (χ3v) is 5.22. The normalized spacial score (nSPS) is 14.4. The van der Waals surface area contributed by atoms with Crippen molar-refractivity contribution < 1.29 is 9.59 Å². The van der Waals surface area contributed by atoms with Crippen molar-refractivity contribution in [3.63, 3.8) is 0 Å². The molecule has 172 valence electrons. The molecule has 0 aliphatic carbocycles. The number of aliphatic imine (C=N–C) groups is 1. The van der Waals surface area contributed by atoms with E-state index in [-0.39, 0.29) is 36.4 Å². The molecule has 8 nitrogen and oxygen atoms in total. The summed E-state index contributed by atoms with van der Waals surface area (Å²) in [7, 11) is 1.80. The Morgan fingerprint density at radius 2 is 1.59 bits per heavy atom. The third-order valence-electron chi connectivity index (χ3n) is 5.22. The second-order valence-electron chi connectivity index (χ2n) is 7.50. The Kier molecular flexibility index (Phi) is 10.4. The van der Waals surface area contributed by atoms with Crippen LogP contribution in [0.2, 0.25) is 0 Å². The van der Waals surface area contributed by atoms with Gasteiger partial charge in [0.05, 0.1) is 6.54 Å². The van der Waals surface area contributed by atoms with E-state index in [9.17, 15) is 9.59 Å². The molecular formula is C23H31IN6O2. The fraction of sp³-hybridized carbons (Fsp3) is 0.348. The lowest BCUT2D eigenvalue weighted by molar-refractivity contribution is -0.117. The van der Waals surface area contributed by atoms with Gasteiger partial charge in [-0.2, -0.15) is 0 Å². The number of guanidine groups is 1. The molecule has 9 heteroatoms. The van der Waals surface area contributed by atoms with E-state index in [0.29, 0.717) is 12.1 Å². The molecule has 2 aromatic rings. The van der Waals surface area contributed by atoms with Crippen LogP contribution in [0.3, 0.4) is 0 Å². The SMILES string of the molecule is CN=C(NCc1ccc(C(=O)NCC(N)=O)cc1)N1CCN(Cc2ccccc2)CC1.I. The van der Waals surface area contributed by atoms with Gasteiger partial charge in [-0.3, -0.25) is 19.5 Å². The van der Waals surface area contributed by atoms with Crippen LogP contribution in [0.4, 0.5) is 0 Å². The second kappa shape index (κ2) is 13.0. The van der Waals surface area contributed by atoms with Crippen molar-refractivity contribution in [1.29, 1.82) is 0 Å². The Morgan fingerprint density at radius 3 is 2.19 bits per heavy atom. The van der Waals surface area contributed by atoms with E-state index in [4.69, 9.17) is 5.73 Å². The first-order valence-electron chi connectivity index (χ1n) is 10.4. The van der Waals surface area contributed by atoms with Gasteiger partial charge < -0.3 is 21.3 Å². The standard InChI is InChI=1S/C23H30N6O2.HI/c1-25-23(29-13-11-28(12-14-29)17-19-5-3-2-4-6-19)27-15-18-7-9-20(10-8-18)22(31)26-16-21(24)30;/h2-10H,11-17H2,1H3,(H2,24,30)(H,25,27)(H,26,31);1H. The molecule has 0 spiro atoms. The molecule has 4 N–H and O–H groups in total. The molecule has 0 saturated carbocycles. The van der Waals surface area contributed by atoms with Gasteiger partial charge in [0, 0.05) is 51.9 Å². The summed E-state index contributed by atoms with van der Waals surface area (Å²) in [5, 5.41) is 5.88. The summed E-state index contributed by atoms with van der Waals surface area (Å²) >= 11 is 0. The first kappa shape index (κ1) is 25.6. The molecular weight excluding hydrogens is 519 g/mol. The Balaban J connectivity index is 0.00000363. The number of nitrogens with one attached hydrogen (secondary N) is 2. The molecule has 1 aliphatic heterocycles. The summed E-state index contributed by atoms with van der Waals surface area (Å²) in [6, 6.07) is 17.8. The van der Waals surface area contributed by atoms with Gasteiger partial charge >= 0.3 is 0 Å². The molecule has 0 radical (unpaired) electrons. The zero-order chi connectivity index (χ0) is 22.1. The van der Waals surface area contributed by atoms with Crippen LogP contribution < -0.4 is 16.4 Å². The number of rotatable bonds is 7. The lowest BCUT2D eigenvalue weighted by Gasteiger charge is -2.36. The van der Waals surface area contributed by atoms with Crippen LogP contribution in [-0.2, 0) is 17.9 Å². The molecule has 32 heavy (non-hydrogen) atoms. The van der Waals surface area contributed by atoms with Gasteiger partial charge in [-0.1, -0.05) is 42.5 Å². The van der Waals surface area contributed by atoms with Crippen molar-refractivity contribution in [3.05, 3.63) is 71.3 Å². The highest BCUT2D eigenvalue weighted by molar-refractivity contribution is 14.0. The number of hydrogen-bond acceptors (Lipinski definition) is 4. The zero-order valence-corrected chi connectivity index (χ0v) is 20.6. The minimum atomic E-state index is -0.568. The molecule has 1 aliphatic rings. The molecule has 0 bridgehead atoms. The van der Waals surface area contributed by atoms with E-state index in [1.165, 1.54) is 5.56 Å².